The van der Waals surface area contributed by atoms with E-state index in [1.54, 1.807) is 0 Å². The van der Waals surface area contributed by atoms with Gasteiger partial charge in [0.2, 0.25) is 5.91 Å². The van der Waals surface area contributed by atoms with E-state index in [1.807, 2.05) is 54.6 Å². The number of amides is 1. The first-order valence-electron chi connectivity index (χ1n) is 7.23. The Balaban J connectivity index is 1.85. The van der Waals surface area contributed by atoms with Crippen LogP contribution < -0.4 is 5.32 Å². The Labute approximate surface area is 133 Å². The molecule has 0 bridgehead atoms. The molecule has 3 rings (SSSR count). The van der Waals surface area contributed by atoms with Gasteiger partial charge < -0.3 is 5.32 Å². The molecule has 0 saturated heterocycles. The van der Waals surface area contributed by atoms with Crippen molar-refractivity contribution >= 4 is 27.5 Å². The molecule has 0 radical (unpaired) electrons. The maximum Gasteiger partial charge on any atom is 0.235 e. The third-order valence-corrected chi connectivity index (χ3v) is 4.64. The maximum absolute atomic E-state index is 12.7. The molecule has 1 N–H and O–H groups in total. The van der Waals surface area contributed by atoms with Crippen molar-refractivity contribution in [3.63, 3.8) is 0 Å². The van der Waals surface area contributed by atoms with E-state index in [4.69, 9.17) is 0 Å². The Morgan fingerprint density at radius 2 is 1.71 bits per heavy atom. The van der Waals surface area contributed by atoms with E-state index >= 15 is 0 Å². The van der Waals surface area contributed by atoms with Gasteiger partial charge in [0.05, 0.1) is 5.41 Å². The van der Waals surface area contributed by atoms with E-state index in [9.17, 15) is 4.79 Å². The minimum Gasteiger partial charge on any atom is -0.325 e. The number of hydrogen-bond donors (Lipinski definition) is 1. The highest BCUT2D eigenvalue weighted by atomic mass is 79.9. The number of halogens is 1. The predicted octanol–water partition coefficient (Wildman–Crippen LogP) is 4.81. The molecule has 1 amide bonds. The molecule has 1 atom stereocenters. The van der Waals surface area contributed by atoms with Crippen LogP contribution in [0.2, 0.25) is 0 Å². The lowest BCUT2D eigenvalue weighted by molar-refractivity contribution is -0.118. The van der Waals surface area contributed by atoms with Gasteiger partial charge in [0.25, 0.3) is 0 Å². The van der Waals surface area contributed by atoms with Crippen molar-refractivity contribution in [2.45, 2.75) is 30.0 Å². The average Bonchev–Trinajstić information content (AvgIpc) is 3.30. The van der Waals surface area contributed by atoms with Crippen molar-refractivity contribution in [2.24, 2.45) is 0 Å². The zero-order chi connectivity index (χ0) is 14.9. The first-order chi connectivity index (χ1) is 10.1. The summed E-state index contributed by atoms with van der Waals surface area (Å²) in [5.74, 6) is 0.106. The van der Waals surface area contributed by atoms with Gasteiger partial charge in [0.1, 0.15) is 0 Å². The van der Waals surface area contributed by atoms with Gasteiger partial charge in [0, 0.05) is 10.5 Å². The van der Waals surface area contributed by atoms with Gasteiger partial charge in [0.15, 0.2) is 0 Å². The van der Waals surface area contributed by atoms with Crippen molar-refractivity contribution in [1.29, 1.82) is 0 Å². The summed E-state index contributed by atoms with van der Waals surface area (Å²) in [5.41, 5.74) is 2.79. The summed E-state index contributed by atoms with van der Waals surface area (Å²) in [6.07, 6.45) is 1.85. The Morgan fingerprint density at radius 1 is 1.10 bits per heavy atom. The van der Waals surface area contributed by atoms with Gasteiger partial charge in [-0.3, -0.25) is 4.79 Å². The summed E-state index contributed by atoms with van der Waals surface area (Å²) < 4.78 is 0. The lowest BCUT2D eigenvalue weighted by atomic mass is 9.94. The molecule has 2 aromatic rings. The van der Waals surface area contributed by atoms with Crippen molar-refractivity contribution in [3.05, 3.63) is 65.7 Å². The SMILES string of the molecule is CC(Br)c1ccccc1NC(=O)C1(c2ccccc2)CC1. The van der Waals surface area contributed by atoms with Crippen LogP contribution in [0.3, 0.4) is 0 Å². The minimum absolute atomic E-state index is 0.106. The van der Waals surface area contributed by atoms with Crippen molar-refractivity contribution in [1.82, 2.24) is 0 Å². The highest BCUT2D eigenvalue weighted by Gasteiger charge is 2.51. The normalized spacial score (nSPS) is 17.0. The van der Waals surface area contributed by atoms with Crippen molar-refractivity contribution in [2.75, 3.05) is 5.32 Å². The highest BCUT2D eigenvalue weighted by molar-refractivity contribution is 9.09. The number of carbonyl (C=O) groups excluding carboxylic acids is 1. The summed E-state index contributed by atoms with van der Waals surface area (Å²) in [6, 6.07) is 18.0. The molecule has 1 aliphatic rings. The Morgan fingerprint density at radius 3 is 2.33 bits per heavy atom. The lowest BCUT2D eigenvalue weighted by Gasteiger charge is -2.18. The van der Waals surface area contributed by atoms with E-state index in [0.29, 0.717) is 0 Å². The van der Waals surface area contributed by atoms with Crippen LogP contribution >= 0.6 is 15.9 Å². The zero-order valence-electron chi connectivity index (χ0n) is 12.0. The molecule has 2 nitrogen and oxygen atoms in total. The van der Waals surface area contributed by atoms with E-state index in [2.05, 4.69) is 28.2 Å². The topological polar surface area (TPSA) is 29.1 Å². The summed E-state index contributed by atoms with van der Waals surface area (Å²) >= 11 is 3.58. The molecule has 1 aliphatic carbocycles. The van der Waals surface area contributed by atoms with Gasteiger partial charge in [-0.15, -0.1) is 0 Å². The van der Waals surface area contributed by atoms with Gasteiger partial charge in [-0.1, -0.05) is 64.5 Å². The zero-order valence-corrected chi connectivity index (χ0v) is 13.6. The van der Waals surface area contributed by atoms with Gasteiger partial charge >= 0.3 is 0 Å². The standard InChI is InChI=1S/C18H18BrNO/c1-13(19)15-9-5-6-10-16(15)20-17(21)18(11-12-18)14-7-3-2-4-8-14/h2-10,13H,11-12H2,1H3,(H,20,21). The van der Waals surface area contributed by atoms with Crippen LogP contribution in [-0.4, -0.2) is 5.91 Å². The van der Waals surface area contributed by atoms with Crippen LogP contribution in [0.5, 0.6) is 0 Å². The van der Waals surface area contributed by atoms with Crippen LogP contribution in [0, 0.1) is 0 Å². The predicted molar refractivity (Wildman–Crippen MR) is 89.8 cm³/mol. The Hall–Kier alpha value is -1.61. The molecule has 0 heterocycles. The third kappa shape index (κ3) is 2.75. The summed E-state index contributed by atoms with van der Waals surface area (Å²) in [7, 11) is 0. The monoisotopic (exact) mass is 343 g/mol. The Kier molecular flexibility index (Phi) is 3.85. The van der Waals surface area contributed by atoms with E-state index in [0.717, 1.165) is 29.7 Å². The highest BCUT2D eigenvalue weighted by Crippen LogP contribution is 2.49. The van der Waals surface area contributed by atoms with Crippen LogP contribution in [0.4, 0.5) is 5.69 Å². The minimum atomic E-state index is -0.329. The fraction of sp³-hybridized carbons (Fsp3) is 0.278. The molecule has 108 valence electrons. The van der Waals surface area contributed by atoms with Crippen LogP contribution in [-0.2, 0) is 10.2 Å². The first-order valence-corrected chi connectivity index (χ1v) is 8.15. The number of alkyl halides is 1. The van der Waals surface area contributed by atoms with Gasteiger partial charge in [-0.25, -0.2) is 0 Å². The molecular weight excluding hydrogens is 326 g/mol. The first kappa shape index (κ1) is 14.3. The number of rotatable bonds is 4. The number of carbonyl (C=O) groups is 1. The second kappa shape index (κ2) is 5.64. The van der Waals surface area contributed by atoms with Crippen LogP contribution in [0.1, 0.15) is 35.7 Å². The van der Waals surface area contributed by atoms with Gasteiger partial charge in [-0.05, 0) is 37.0 Å². The molecule has 1 unspecified atom stereocenters. The molecule has 3 heteroatoms. The molecule has 1 saturated carbocycles. The van der Waals surface area contributed by atoms with E-state index < -0.39 is 0 Å². The number of hydrogen-bond acceptors (Lipinski definition) is 1. The van der Waals surface area contributed by atoms with Crippen LogP contribution in [0.25, 0.3) is 0 Å². The fourth-order valence-corrected chi connectivity index (χ4v) is 3.13. The van der Waals surface area contributed by atoms with E-state index in [-0.39, 0.29) is 16.1 Å². The molecule has 1 fully saturated rings. The molecular formula is C18H18BrNO. The van der Waals surface area contributed by atoms with E-state index in [1.165, 1.54) is 0 Å². The quantitative estimate of drug-likeness (QED) is 0.792. The largest absolute Gasteiger partial charge is 0.325 e. The molecule has 0 aromatic heterocycles. The fourth-order valence-electron chi connectivity index (χ4n) is 2.73. The lowest BCUT2D eigenvalue weighted by Crippen LogP contribution is -2.28. The molecule has 21 heavy (non-hydrogen) atoms. The third-order valence-electron chi connectivity index (χ3n) is 4.15. The molecule has 2 aromatic carbocycles. The van der Waals surface area contributed by atoms with Gasteiger partial charge in [-0.2, -0.15) is 0 Å². The number of nitrogens with one attached hydrogen (secondary N) is 1. The average molecular weight is 344 g/mol. The maximum atomic E-state index is 12.7. The number of anilines is 1. The van der Waals surface area contributed by atoms with Crippen molar-refractivity contribution < 1.29 is 4.79 Å². The second-order valence-corrected chi connectivity index (χ2v) is 6.98. The van der Waals surface area contributed by atoms with Crippen LogP contribution in [0.15, 0.2) is 54.6 Å². The molecule has 0 spiro atoms. The van der Waals surface area contributed by atoms with Crippen molar-refractivity contribution in [3.8, 4) is 0 Å². The second-order valence-electron chi connectivity index (χ2n) is 5.61. The summed E-state index contributed by atoms with van der Waals surface area (Å²) in [4.78, 5) is 13.0. The summed E-state index contributed by atoms with van der Waals surface area (Å²) in [5, 5.41) is 3.12. The number of para-hydroxylation sites is 1. The summed E-state index contributed by atoms with van der Waals surface area (Å²) in [6.45, 7) is 2.06. The smallest absolute Gasteiger partial charge is 0.235 e. The molecule has 0 aliphatic heterocycles. The number of benzene rings is 2. The Bertz CT molecular complexity index is 647.